The summed E-state index contributed by atoms with van der Waals surface area (Å²) in [5.41, 5.74) is 1.00. The Kier molecular flexibility index (Phi) is 1.31. The van der Waals surface area contributed by atoms with Crippen molar-refractivity contribution in [2.45, 2.75) is 4.46 Å². The van der Waals surface area contributed by atoms with E-state index in [0.29, 0.717) is 0 Å². The molecule has 10 heavy (non-hydrogen) atoms. The molecular formula is C7H6AlNO. The van der Waals surface area contributed by atoms with E-state index in [0.717, 1.165) is 12.3 Å². The Labute approximate surface area is 67.7 Å². The predicted molar refractivity (Wildman–Crippen MR) is 37.6 cm³/mol. The van der Waals surface area contributed by atoms with Crippen LogP contribution in [0.3, 0.4) is 0 Å². The second-order valence-electron chi connectivity index (χ2n) is 2.39. The Morgan fingerprint density at radius 2 is 2.40 bits per heavy atom. The molecule has 0 aliphatic carbocycles. The second kappa shape index (κ2) is 2.06. The average molecular weight is 147 g/mol. The van der Waals surface area contributed by atoms with Gasteiger partial charge in [-0.05, 0) is 12.1 Å². The summed E-state index contributed by atoms with van der Waals surface area (Å²) in [6.07, 6.45) is 1.78. The van der Waals surface area contributed by atoms with Crippen molar-refractivity contribution in [1.82, 2.24) is 4.98 Å². The minimum Gasteiger partial charge on any atom is -0.383 e. The van der Waals surface area contributed by atoms with Crippen molar-refractivity contribution >= 4 is 16.3 Å². The molecule has 1 atom stereocenters. The van der Waals surface area contributed by atoms with Gasteiger partial charge in [0.2, 0.25) is 0 Å². The van der Waals surface area contributed by atoms with Crippen molar-refractivity contribution in [3.63, 3.8) is 0 Å². The summed E-state index contributed by atoms with van der Waals surface area (Å²) in [4.78, 5) is 4.17. The average Bonchev–Trinajstić information content (AvgIpc) is 2.72. The number of hydrogen-bond acceptors (Lipinski definition) is 2. The molecule has 1 aliphatic heterocycles. The van der Waals surface area contributed by atoms with E-state index >= 15 is 0 Å². The number of ether oxygens (including phenoxy) is 1. The Morgan fingerprint density at radius 1 is 1.60 bits per heavy atom. The minimum atomic E-state index is -0.152. The first-order valence-corrected chi connectivity index (χ1v) is 3.73. The number of hydrogen-bond donors (Lipinski definition) is 0. The van der Waals surface area contributed by atoms with E-state index < -0.39 is 0 Å². The molecule has 2 radical (unpaired) electrons. The molecule has 1 aromatic rings. The third-order valence-corrected chi connectivity index (χ3v) is 2.18. The number of rotatable bonds is 1. The van der Waals surface area contributed by atoms with E-state index in [1.165, 1.54) is 0 Å². The molecule has 2 nitrogen and oxygen atoms in total. The first-order chi connectivity index (χ1) is 4.81. The van der Waals surface area contributed by atoms with Crippen LogP contribution >= 0.6 is 0 Å². The molecule has 0 amide bonds. The largest absolute Gasteiger partial charge is 0.383 e. The van der Waals surface area contributed by atoms with Gasteiger partial charge in [0.1, 0.15) is 0 Å². The van der Waals surface area contributed by atoms with Gasteiger partial charge in [-0.2, -0.15) is 0 Å². The Hall–Kier alpha value is -0.358. The van der Waals surface area contributed by atoms with Gasteiger partial charge in [-0.1, -0.05) is 6.07 Å². The summed E-state index contributed by atoms with van der Waals surface area (Å²) in [6, 6.07) is 5.84. The van der Waals surface area contributed by atoms with Crippen LogP contribution in [0.5, 0.6) is 0 Å². The van der Waals surface area contributed by atoms with Crippen LogP contribution in [0, 0.1) is 0 Å². The van der Waals surface area contributed by atoms with Crippen molar-refractivity contribution in [2.24, 2.45) is 0 Å². The predicted octanol–water partition coefficient (Wildman–Crippen LogP) is 0.433. The van der Waals surface area contributed by atoms with Crippen LogP contribution in [0.1, 0.15) is 5.69 Å². The summed E-state index contributed by atoms with van der Waals surface area (Å²) in [5, 5.41) is 0. The zero-order chi connectivity index (χ0) is 7.03. The van der Waals surface area contributed by atoms with Gasteiger partial charge in [0, 0.05) is 6.20 Å². The molecule has 0 spiro atoms. The quantitative estimate of drug-likeness (QED) is 0.425. The Morgan fingerprint density at radius 3 is 2.90 bits per heavy atom. The molecule has 0 aromatic carbocycles. The van der Waals surface area contributed by atoms with E-state index in [2.05, 4.69) is 21.3 Å². The summed E-state index contributed by atoms with van der Waals surface area (Å²) < 4.78 is 5.03. The molecule has 1 saturated heterocycles. The van der Waals surface area contributed by atoms with Crippen molar-refractivity contribution in [3.8, 4) is 0 Å². The van der Waals surface area contributed by atoms with E-state index in [9.17, 15) is 0 Å². The smallest absolute Gasteiger partial charge is 0.191 e. The van der Waals surface area contributed by atoms with Crippen LogP contribution in [-0.4, -0.2) is 27.9 Å². The van der Waals surface area contributed by atoms with E-state index in [1.54, 1.807) is 6.20 Å². The fraction of sp³-hybridized carbons (Fsp3) is 0.286. The number of pyridine rings is 1. The standard InChI is InChI=1S/C7H6NO.Al/c1-2-4-8-6(3-1)7-5-9-7;/h1-4H,5H2;. The maximum atomic E-state index is 5.18. The first-order valence-electron chi connectivity index (χ1n) is 3.16. The summed E-state index contributed by atoms with van der Waals surface area (Å²) >= 11 is 2.66. The van der Waals surface area contributed by atoms with Gasteiger partial charge in [0.15, 0.2) is 16.3 Å². The molecule has 2 rings (SSSR count). The summed E-state index contributed by atoms with van der Waals surface area (Å²) in [7, 11) is 0. The second-order valence-corrected chi connectivity index (χ2v) is 3.33. The van der Waals surface area contributed by atoms with Gasteiger partial charge in [0.25, 0.3) is 0 Å². The number of aromatic nitrogens is 1. The van der Waals surface area contributed by atoms with Crippen LogP contribution in [-0.2, 0) is 9.20 Å². The molecule has 0 bridgehead atoms. The molecule has 1 fully saturated rings. The molecule has 1 aliphatic rings. The summed E-state index contributed by atoms with van der Waals surface area (Å²) in [5.74, 6) is 0. The molecule has 1 aromatic heterocycles. The van der Waals surface area contributed by atoms with Gasteiger partial charge in [-0.15, -0.1) is 0 Å². The van der Waals surface area contributed by atoms with Crippen molar-refractivity contribution < 1.29 is 4.74 Å². The maximum absolute atomic E-state index is 5.18. The fourth-order valence-corrected chi connectivity index (χ4v) is 1.09. The molecule has 2 heterocycles. The highest BCUT2D eigenvalue weighted by Crippen LogP contribution is 2.32. The zero-order valence-corrected chi connectivity index (χ0v) is 6.60. The maximum Gasteiger partial charge on any atom is 0.191 e. The third-order valence-electron chi connectivity index (χ3n) is 1.55. The van der Waals surface area contributed by atoms with Gasteiger partial charge in [-0.3, -0.25) is 4.98 Å². The SMILES string of the molecule is [Al][C]1(c2ccccn2)CO1. The lowest BCUT2D eigenvalue weighted by atomic mass is 10.3. The summed E-state index contributed by atoms with van der Waals surface area (Å²) in [6.45, 7) is 0.772. The lowest BCUT2D eigenvalue weighted by molar-refractivity contribution is 0.380. The normalized spacial score (nSPS) is 30.0. The highest BCUT2D eigenvalue weighted by atomic mass is 27.0. The van der Waals surface area contributed by atoms with Crippen LogP contribution in [0.15, 0.2) is 24.4 Å². The van der Waals surface area contributed by atoms with E-state index in [-0.39, 0.29) is 4.46 Å². The lowest BCUT2D eigenvalue weighted by Gasteiger charge is -2.02. The first kappa shape index (κ1) is 6.36. The van der Waals surface area contributed by atoms with E-state index in [1.807, 2.05) is 18.2 Å². The molecular weight excluding hydrogens is 141 g/mol. The Bertz CT molecular complexity index is 233. The Balaban J connectivity index is 2.35. The molecule has 3 heteroatoms. The van der Waals surface area contributed by atoms with Gasteiger partial charge in [0.05, 0.1) is 16.8 Å². The van der Waals surface area contributed by atoms with Gasteiger partial charge >= 0.3 is 0 Å². The van der Waals surface area contributed by atoms with Gasteiger partial charge < -0.3 is 4.74 Å². The third kappa shape index (κ3) is 0.970. The van der Waals surface area contributed by atoms with Crippen LogP contribution in [0.25, 0.3) is 0 Å². The van der Waals surface area contributed by atoms with Crippen LogP contribution in [0.4, 0.5) is 0 Å². The van der Waals surface area contributed by atoms with E-state index in [4.69, 9.17) is 4.74 Å². The van der Waals surface area contributed by atoms with Gasteiger partial charge in [-0.25, -0.2) is 0 Å². The molecule has 48 valence electrons. The van der Waals surface area contributed by atoms with Crippen molar-refractivity contribution in [2.75, 3.05) is 6.61 Å². The highest BCUT2D eigenvalue weighted by Gasteiger charge is 2.39. The minimum absolute atomic E-state index is 0.152. The van der Waals surface area contributed by atoms with Crippen LogP contribution in [0.2, 0.25) is 0 Å². The monoisotopic (exact) mass is 147 g/mol. The van der Waals surface area contributed by atoms with Crippen molar-refractivity contribution in [3.05, 3.63) is 30.1 Å². The van der Waals surface area contributed by atoms with Crippen LogP contribution < -0.4 is 0 Å². The molecule has 0 saturated carbocycles. The fourth-order valence-electron chi connectivity index (χ4n) is 0.839. The lowest BCUT2D eigenvalue weighted by Crippen LogP contribution is -2.09. The topological polar surface area (TPSA) is 25.4 Å². The van der Waals surface area contributed by atoms with Crippen molar-refractivity contribution in [1.29, 1.82) is 0 Å². The molecule has 0 N–H and O–H groups in total. The number of nitrogens with zero attached hydrogens (tertiary/aromatic N) is 1. The zero-order valence-electron chi connectivity index (χ0n) is 5.45. The molecule has 1 unspecified atom stereocenters. The highest BCUT2D eigenvalue weighted by molar-refractivity contribution is 6.16. The number of epoxide rings is 1.